The molecule has 0 radical (unpaired) electrons. The number of benzene rings is 3. The molecule has 0 aromatic heterocycles. The smallest absolute Gasteiger partial charge is 0.150 e. The molecule has 0 heterocycles. The van der Waals surface area contributed by atoms with Crippen LogP contribution in [0, 0.1) is 5.82 Å². The minimum absolute atomic E-state index is 0.349. The van der Waals surface area contributed by atoms with Gasteiger partial charge in [-0.3, -0.25) is 4.79 Å². The Hall–Kier alpha value is -2.68. The van der Waals surface area contributed by atoms with Crippen LogP contribution >= 0.6 is 0 Å². The molecule has 2 nitrogen and oxygen atoms in total. The Balaban J connectivity index is 2.28. The summed E-state index contributed by atoms with van der Waals surface area (Å²) in [6.07, 6.45) is 0.816. The molecule has 0 saturated heterocycles. The zero-order chi connectivity index (χ0) is 14.8. The Labute approximate surface area is 121 Å². The van der Waals surface area contributed by atoms with Gasteiger partial charge in [0.05, 0.1) is 7.11 Å². The van der Waals surface area contributed by atoms with Crippen LogP contribution in [-0.4, -0.2) is 13.4 Å². The highest BCUT2D eigenvalue weighted by molar-refractivity contribution is 6.05. The van der Waals surface area contributed by atoms with E-state index in [0.717, 1.165) is 22.6 Å². The first kappa shape index (κ1) is 13.3. The molecule has 3 heteroatoms. The summed E-state index contributed by atoms with van der Waals surface area (Å²) in [5.74, 6) is 0.128. The van der Waals surface area contributed by atoms with E-state index < -0.39 is 0 Å². The summed E-state index contributed by atoms with van der Waals surface area (Å²) in [4.78, 5) is 11.1. The van der Waals surface area contributed by atoms with Gasteiger partial charge in [0.1, 0.15) is 11.6 Å². The maximum Gasteiger partial charge on any atom is 0.150 e. The molecular formula is C18H13FO2. The lowest BCUT2D eigenvalue weighted by Gasteiger charge is -2.10. The van der Waals surface area contributed by atoms with Crippen LogP contribution < -0.4 is 4.74 Å². The number of carbonyl (C=O) groups is 1. The molecule has 0 amide bonds. The fraction of sp³-hybridized carbons (Fsp3) is 0.0556. The molecule has 0 spiro atoms. The predicted molar refractivity (Wildman–Crippen MR) is 81.3 cm³/mol. The summed E-state index contributed by atoms with van der Waals surface area (Å²) >= 11 is 0. The van der Waals surface area contributed by atoms with E-state index >= 15 is 0 Å². The summed E-state index contributed by atoms with van der Waals surface area (Å²) < 4.78 is 19.3. The lowest BCUT2D eigenvalue weighted by molar-refractivity contribution is 0.112. The maximum absolute atomic E-state index is 14.3. The molecule has 0 bridgehead atoms. The van der Waals surface area contributed by atoms with E-state index in [-0.39, 0.29) is 5.82 Å². The van der Waals surface area contributed by atoms with Gasteiger partial charge >= 0.3 is 0 Å². The molecule has 21 heavy (non-hydrogen) atoms. The average molecular weight is 280 g/mol. The molecule has 3 aromatic rings. The van der Waals surface area contributed by atoms with Gasteiger partial charge < -0.3 is 4.74 Å². The third-order valence-electron chi connectivity index (χ3n) is 3.55. The third-order valence-corrected chi connectivity index (χ3v) is 3.55. The van der Waals surface area contributed by atoms with Gasteiger partial charge in [-0.15, -0.1) is 0 Å². The zero-order valence-electron chi connectivity index (χ0n) is 11.5. The minimum Gasteiger partial charge on any atom is -0.497 e. The van der Waals surface area contributed by atoms with E-state index in [1.807, 2.05) is 24.3 Å². The molecule has 0 saturated carbocycles. The van der Waals surface area contributed by atoms with Crippen molar-refractivity contribution in [3.05, 3.63) is 66.0 Å². The molecule has 0 unspecified atom stereocenters. The Bertz CT molecular complexity index is 825. The van der Waals surface area contributed by atoms with Gasteiger partial charge in [-0.25, -0.2) is 4.39 Å². The number of carbonyl (C=O) groups excluding carboxylic acids is 1. The van der Waals surface area contributed by atoms with Gasteiger partial charge in [0.2, 0.25) is 0 Å². The minimum atomic E-state index is -0.349. The van der Waals surface area contributed by atoms with E-state index in [2.05, 4.69) is 0 Å². The lowest BCUT2D eigenvalue weighted by Crippen LogP contribution is -1.91. The van der Waals surface area contributed by atoms with E-state index in [9.17, 15) is 9.18 Å². The number of hydrogen-bond acceptors (Lipinski definition) is 2. The quantitative estimate of drug-likeness (QED) is 0.662. The topological polar surface area (TPSA) is 26.3 Å². The zero-order valence-corrected chi connectivity index (χ0v) is 11.5. The van der Waals surface area contributed by atoms with E-state index in [0.29, 0.717) is 16.9 Å². The molecule has 0 atom stereocenters. The molecule has 104 valence electrons. The van der Waals surface area contributed by atoms with Crippen LogP contribution in [0.4, 0.5) is 4.39 Å². The van der Waals surface area contributed by atoms with E-state index in [4.69, 9.17) is 4.74 Å². The molecule has 3 aromatic carbocycles. The van der Waals surface area contributed by atoms with Crippen LogP contribution in [0.3, 0.4) is 0 Å². The standard InChI is InChI=1S/C18H13FO2/c1-21-13-7-9-17(18(19)10-13)16-8-6-12(11-20)14-4-2-3-5-15(14)16/h2-11H,1H3. The first-order chi connectivity index (χ1) is 10.2. The first-order valence-corrected chi connectivity index (χ1v) is 6.55. The average Bonchev–Trinajstić information content (AvgIpc) is 2.54. The van der Waals surface area contributed by atoms with E-state index in [1.54, 1.807) is 24.3 Å². The summed E-state index contributed by atoms with van der Waals surface area (Å²) in [6, 6.07) is 15.8. The monoisotopic (exact) mass is 280 g/mol. The number of methoxy groups -OCH3 is 1. The molecule has 0 aliphatic heterocycles. The van der Waals surface area contributed by atoms with Crippen LogP contribution in [0.15, 0.2) is 54.6 Å². The maximum atomic E-state index is 14.3. The van der Waals surface area contributed by atoms with Crippen LogP contribution in [0.5, 0.6) is 5.75 Å². The van der Waals surface area contributed by atoms with Crippen molar-refractivity contribution in [2.24, 2.45) is 0 Å². The van der Waals surface area contributed by atoms with Crippen LogP contribution in [0.1, 0.15) is 10.4 Å². The largest absolute Gasteiger partial charge is 0.497 e. The van der Waals surface area contributed by atoms with Crippen LogP contribution in [-0.2, 0) is 0 Å². The van der Waals surface area contributed by atoms with Crippen molar-refractivity contribution in [3.8, 4) is 16.9 Å². The van der Waals surface area contributed by atoms with Gasteiger partial charge in [-0.05, 0) is 28.5 Å². The molecule has 0 aliphatic carbocycles. The fourth-order valence-electron chi connectivity index (χ4n) is 2.50. The van der Waals surface area contributed by atoms with Gasteiger partial charge in [-0.1, -0.05) is 36.4 Å². The highest BCUT2D eigenvalue weighted by atomic mass is 19.1. The lowest BCUT2D eigenvalue weighted by atomic mass is 9.95. The van der Waals surface area contributed by atoms with Crippen molar-refractivity contribution in [3.63, 3.8) is 0 Å². The van der Waals surface area contributed by atoms with Crippen molar-refractivity contribution in [1.29, 1.82) is 0 Å². The first-order valence-electron chi connectivity index (χ1n) is 6.55. The van der Waals surface area contributed by atoms with Gasteiger partial charge in [-0.2, -0.15) is 0 Å². The number of ether oxygens (including phenoxy) is 1. The Morgan fingerprint density at radius 2 is 1.67 bits per heavy atom. The number of hydrogen-bond donors (Lipinski definition) is 0. The van der Waals surface area contributed by atoms with E-state index in [1.165, 1.54) is 13.2 Å². The van der Waals surface area contributed by atoms with Gasteiger partial charge in [0.25, 0.3) is 0 Å². The van der Waals surface area contributed by atoms with Gasteiger partial charge in [0, 0.05) is 17.2 Å². The van der Waals surface area contributed by atoms with Gasteiger partial charge in [0.15, 0.2) is 6.29 Å². The molecule has 3 rings (SSSR count). The summed E-state index contributed by atoms with van der Waals surface area (Å²) in [6.45, 7) is 0. The van der Waals surface area contributed by atoms with Crippen molar-refractivity contribution in [2.75, 3.05) is 7.11 Å². The Kier molecular flexibility index (Phi) is 3.40. The number of rotatable bonds is 3. The second-order valence-corrected chi connectivity index (χ2v) is 4.71. The van der Waals surface area contributed by atoms with Crippen LogP contribution in [0.25, 0.3) is 21.9 Å². The van der Waals surface area contributed by atoms with Crippen molar-refractivity contribution < 1.29 is 13.9 Å². The SMILES string of the molecule is COc1ccc(-c2ccc(C=O)c3ccccc23)c(F)c1. The molecular weight excluding hydrogens is 267 g/mol. The molecule has 0 N–H and O–H groups in total. The van der Waals surface area contributed by atoms with Crippen molar-refractivity contribution in [1.82, 2.24) is 0 Å². The third kappa shape index (κ3) is 2.27. The second-order valence-electron chi connectivity index (χ2n) is 4.71. The fourth-order valence-corrected chi connectivity index (χ4v) is 2.50. The summed E-state index contributed by atoms with van der Waals surface area (Å²) in [5.41, 5.74) is 1.85. The van der Waals surface area contributed by atoms with Crippen molar-refractivity contribution >= 4 is 17.1 Å². The summed E-state index contributed by atoms with van der Waals surface area (Å²) in [7, 11) is 1.50. The molecule has 0 fully saturated rings. The Morgan fingerprint density at radius 1 is 0.952 bits per heavy atom. The highest BCUT2D eigenvalue weighted by Crippen LogP contribution is 2.33. The number of halogens is 1. The Morgan fingerprint density at radius 3 is 2.33 bits per heavy atom. The number of fused-ring (bicyclic) bond motifs is 1. The second kappa shape index (κ2) is 5.37. The van der Waals surface area contributed by atoms with Crippen molar-refractivity contribution in [2.45, 2.75) is 0 Å². The number of aldehydes is 1. The molecule has 0 aliphatic rings. The normalized spacial score (nSPS) is 10.6. The van der Waals surface area contributed by atoms with Crippen LogP contribution in [0.2, 0.25) is 0 Å². The predicted octanol–water partition coefficient (Wildman–Crippen LogP) is 4.47. The highest BCUT2D eigenvalue weighted by Gasteiger charge is 2.11. The summed E-state index contributed by atoms with van der Waals surface area (Å²) in [5, 5.41) is 1.67.